The summed E-state index contributed by atoms with van der Waals surface area (Å²) in [4.78, 5) is 59.2. The lowest BCUT2D eigenvalue weighted by Gasteiger charge is -2.33. The number of hydrogen-bond donors (Lipinski definition) is 2. The van der Waals surface area contributed by atoms with Crippen molar-refractivity contribution in [2.24, 2.45) is 5.92 Å². The molecule has 5 aromatic carbocycles. The lowest BCUT2D eigenvalue weighted by atomic mass is 9.82. The third kappa shape index (κ3) is 6.88. The number of amides is 3. The van der Waals surface area contributed by atoms with E-state index < -0.39 is 32.0 Å². The minimum atomic E-state index is -3.05. The van der Waals surface area contributed by atoms with Crippen LogP contribution in [0.1, 0.15) is 41.8 Å². The molecule has 5 atom stereocenters. The van der Waals surface area contributed by atoms with E-state index in [1.165, 1.54) is 0 Å². The van der Waals surface area contributed by atoms with E-state index in [2.05, 4.69) is 10.3 Å². The smallest absolute Gasteiger partial charge is 0.269 e. The number of aromatic nitrogens is 3. The molecule has 0 unspecified atom stereocenters. The zero-order valence-electron chi connectivity index (χ0n) is 35.0. The molecule has 3 amide bonds. The average molecular weight is 863 g/mol. The number of nitrogens with zero attached hydrogens (tertiary/aromatic N) is 6. The SMILES string of the molecule is C[C@@H]1[C@@H]([Si](C)(C)O)[C@H](CCn2cc([C@H](O)c3ccccc3)nn2)O[C@@]12C(=O)N(Cc1ccc(N3C(=O)COc4ccccc43)cc1)c1ccc(N3C(=O)COc4ccccc43)cc12. The Labute approximate surface area is 365 Å². The van der Waals surface area contributed by atoms with Crippen molar-refractivity contribution >= 4 is 54.5 Å². The topological polar surface area (TPSA) is 160 Å². The Hall–Kier alpha value is -6.65. The molecule has 0 radical (unpaired) electrons. The van der Waals surface area contributed by atoms with Gasteiger partial charge in [0.25, 0.3) is 17.7 Å². The van der Waals surface area contributed by atoms with Gasteiger partial charge in [0.1, 0.15) is 23.3 Å². The number of carbonyl (C=O) groups is 3. The maximum Gasteiger partial charge on any atom is 0.269 e. The second-order valence-corrected chi connectivity index (χ2v) is 21.1. The van der Waals surface area contributed by atoms with Crippen molar-refractivity contribution in [2.45, 2.75) is 62.9 Å². The van der Waals surface area contributed by atoms with Gasteiger partial charge < -0.3 is 29.0 Å². The molecule has 10 rings (SSSR count). The van der Waals surface area contributed by atoms with E-state index in [4.69, 9.17) is 14.2 Å². The summed E-state index contributed by atoms with van der Waals surface area (Å²) in [5.74, 6) is 0.00462. The van der Waals surface area contributed by atoms with Gasteiger partial charge in [0.05, 0.1) is 35.9 Å². The normalized spacial score (nSPS) is 22.1. The van der Waals surface area contributed by atoms with Crippen molar-refractivity contribution < 1.29 is 38.5 Å². The summed E-state index contributed by atoms with van der Waals surface area (Å²) in [6.45, 7) is 6.07. The lowest BCUT2D eigenvalue weighted by molar-refractivity contribution is -0.146. The van der Waals surface area contributed by atoms with E-state index in [0.717, 1.165) is 5.56 Å². The number of para-hydroxylation sites is 4. The van der Waals surface area contributed by atoms with Crippen LogP contribution in [0.25, 0.3) is 0 Å². The molecule has 14 nitrogen and oxygen atoms in total. The first-order valence-electron chi connectivity index (χ1n) is 21.1. The van der Waals surface area contributed by atoms with Crippen LogP contribution in [0.2, 0.25) is 18.6 Å². The van der Waals surface area contributed by atoms with Crippen molar-refractivity contribution in [1.82, 2.24) is 15.0 Å². The molecule has 4 aliphatic heterocycles. The number of anilines is 5. The van der Waals surface area contributed by atoms with Crippen LogP contribution in [-0.2, 0) is 37.8 Å². The molecule has 63 heavy (non-hydrogen) atoms. The first kappa shape index (κ1) is 40.4. The van der Waals surface area contributed by atoms with Crippen LogP contribution in [0.3, 0.4) is 0 Å². The highest BCUT2D eigenvalue weighted by Crippen LogP contribution is 2.60. The number of aryl methyl sites for hydroxylation is 1. The fraction of sp³-hybridized carbons (Fsp3) is 0.271. The lowest BCUT2D eigenvalue weighted by Crippen LogP contribution is -2.46. The van der Waals surface area contributed by atoms with Crippen LogP contribution in [0.15, 0.2) is 128 Å². The molecule has 1 aromatic heterocycles. The Balaban J connectivity index is 1.00. The van der Waals surface area contributed by atoms with Crippen LogP contribution in [0, 0.1) is 5.92 Å². The molecule has 320 valence electrons. The molecule has 1 spiro atoms. The van der Waals surface area contributed by atoms with Crippen molar-refractivity contribution in [3.05, 3.63) is 150 Å². The summed E-state index contributed by atoms with van der Waals surface area (Å²) in [6.07, 6.45) is 0.608. The molecular formula is C48H46N6O8Si. The van der Waals surface area contributed by atoms with Crippen LogP contribution < -0.4 is 24.2 Å². The van der Waals surface area contributed by atoms with Gasteiger partial charge in [-0.2, -0.15) is 0 Å². The number of rotatable bonds is 10. The molecule has 0 aliphatic carbocycles. The average Bonchev–Trinajstić information content (AvgIpc) is 3.96. The van der Waals surface area contributed by atoms with Crippen molar-refractivity contribution in [1.29, 1.82) is 0 Å². The number of fused-ring (bicyclic) bond motifs is 4. The van der Waals surface area contributed by atoms with Gasteiger partial charge in [0, 0.05) is 34.9 Å². The van der Waals surface area contributed by atoms with Crippen LogP contribution in [0.5, 0.6) is 11.5 Å². The second-order valence-electron chi connectivity index (χ2n) is 17.1. The molecule has 5 heterocycles. The van der Waals surface area contributed by atoms with Crippen molar-refractivity contribution in [3.63, 3.8) is 0 Å². The molecule has 6 aromatic rings. The zero-order chi connectivity index (χ0) is 43.6. The Kier molecular flexibility index (Phi) is 10.0. The molecule has 1 fully saturated rings. The van der Waals surface area contributed by atoms with Gasteiger partial charge in [-0.15, -0.1) is 5.10 Å². The van der Waals surface area contributed by atoms with E-state index >= 15 is 4.79 Å². The van der Waals surface area contributed by atoms with Gasteiger partial charge in [-0.3, -0.25) is 28.9 Å². The summed E-state index contributed by atoms with van der Waals surface area (Å²) in [6, 6.07) is 37.1. The predicted octanol–water partition coefficient (Wildman–Crippen LogP) is 6.91. The Morgan fingerprint density at radius 1 is 0.778 bits per heavy atom. The number of benzene rings is 5. The number of carbonyl (C=O) groups excluding carboxylic acids is 3. The summed E-state index contributed by atoms with van der Waals surface area (Å²) in [7, 11) is -3.05. The van der Waals surface area contributed by atoms with E-state index in [9.17, 15) is 19.5 Å². The summed E-state index contributed by atoms with van der Waals surface area (Å²) in [5.41, 5.74) is 3.77. The highest BCUT2D eigenvalue weighted by atomic mass is 28.4. The van der Waals surface area contributed by atoms with Gasteiger partial charge >= 0.3 is 0 Å². The highest BCUT2D eigenvalue weighted by molar-refractivity contribution is 6.71. The summed E-state index contributed by atoms with van der Waals surface area (Å²) < 4.78 is 20.3. The molecular weight excluding hydrogens is 817 g/mol. The van der Waals surface area contributed by atoms with Gasteiger partial charge in [-0.05, 0) is 85.2 Å². The molecule has 1 saturated heterocycles. The summed E-state index contributed by atoms with van der Waals surface area (Å²) in [5, 5.41) is 19.6. The quantitative estimate of drug-likeness (QED) is 0.139. The molecule has 2 N–H and O–H groups in total. The Bertz CT molecular complexity index is 2740. The first-order valence-corrected chi connectivity index (χ1v) is 24.1. The minimum absolute atomic E-state index is 0.0749. The number of aliphatic hydroxyl groups is 1. The number of hydrogen-bond acceptors (Lipinski definition) is 10. The van der Waals surface area contributed by atoms with Gasteiger partial charge in [-0.1, -0.05) is 78.9 Å². The summed E-state index contributed by atoms with van der Waals surface area (Å²) >= 11 is 0. The molecule has 0 saturated carbocycles. The first-order chi connectivity index (χ1) is 30.4. The van der Waals surface area contributed by atoms with Crippen LogP contribution in [0.4, 0.5) is 28.4 Å². The van der Waals surface area contributed by atoms with Gasteiger partial charge in [-0.25, -0.2) is 0 Å². The van der Waals surface area contributed by atoms with E-state index in [-0.39, 0.29) is 43.0 Å². The zero-order valence-corrected chi connectivity index (χ0v) is 36.0. The van der Waals surface area contributed by atoms with Crippen molar-refractivity contribution in [3.8, 4) is 11.5 Å². The molecule has 15 heteroatoms. The largest absolute Gasteiger partial charge is 0.482 e. The Morgan fingerprint density at radius 3 is 2.03 bits per heavy atom. The van der Waals surface area contributed by atoms with Gasteiger partial charge in [0.2, 0.25) is 0 Å². The van der Waals surface area contributed by atoms with Crippen LogP contribution in [-0.4, -0.2) is 70.3 Å². The van der Waals surface area contributed by atoms with Crippen molar-refractivity contribution in [2.75, 3.05) is 27.9 Å². The molecule has 4 aliphatic rings. The minimum Gasteiger partial charge on any atom is -0.482 e. The third-order valence-corrected chi connectivity index (χ3v) is 15.3. The predicted molar refractivity (Wildman–Crippen MR) is 237 cm³/mol. The molecule has 0 bridgehead atoms. The van der Waals surface area contributed by atoms with Gasteiger partial charge in [0.15, 0.2) is 27.1 Å². The third-order valence-electron chi connectivity index (χ3n) is 12.8. The fourth-order valence-electron chi connectivity index (χ4n) is 9.95. The second kappa shape index (κ2) is 15.6. The fourth-order valence-corrected chi connectivity index (χ4v) is 12.6. The van der Waals surface area contributed by atoms with E-state index in [0.29, 0.717) is 69.7 Å². The highest BCUT2D eigenvalue weighted by Gasteiger charge is 2.66. The number of ether oxygens (including phenoxy) is 3. The number of aliphatic hydroxyl groups excluding tert-OH is 1. The van der Waals surface area contributed by atoms with Crippen LogP contribution >= 0.6 is 0 Å². The monoisotopic (exact) mass is 862 g/mol. The maximum absolute atomic E-state index is 15.5. The maximum atomic E-state index is 15.5. The standard InChI is InChI=1S/C48H46N6O8Si/c1-30-46(63(2,3)59)42(23-24-51-27-36(49-50-51)45(57)32-11-5-4-6-12-32)62-48(30)35-25-34(54-39-14-8-10-16-41(39)61-29-44(54)56)21-22-37(35)52(47(48)58)26-31-17-19-33(20-18-31)53-38-13-7-9-15-40(38)60-28-43(53)55/h4-22,25,27,30,42,45-46,57,59H,23-24,26,28-29H2,1-3H3/t30-,42+,45-,46-,48+/m1/s1. The Morgan fingerprint density at radius 2 is 1.38 bits per heavy atom. The van der Waals surface area contributed by atoms with E-state index in [1.807, 2.05) is 141 Å². The van der Waals surface area contributed by atoms with E-state index in [1.54, 1.807) is 25.6 Å².